The van der Waals surface area contributed by atoms with Gasteiger partial charge in [0.15, 0.2) is 5.82 Å². The molecule has 0 bridgehead atoms. The van der Waals surface area contributed by atoms with E-state index in [2.05, 4.69) is 5.32 Å². The van der Waals surface area contributed by atoms with Crippen LogP contribution in [-0.2, 0) is 10.0 Å². The summed E-state index contributed by atoms with van der Waals surface area (Å²) in [5.74, 6) is -3.54. The average molecular weight is 320 g/mol. The Morgan fingerprint density at radius 2 is 1.90 bits per heavy atom. The third-order valence-corrected chi connectivity index (χ3v) is 4.37. The molecule has 0 aromatic heterocycles. The van der Waals surface area contributed by atoms with Crippen LogP contribution in [0.15, 0.2) is 17.0 Å². The van der Waals surface area contributed by atoms with Gasteiger partial charge in [-0.1, -0.05) is 20.3 Å². The Bertz CT molecular complexity index is 647. The number of carbonyl (C=O) groups is 1. The molecule has 5 nitrogen and oxygen atoms in total. The summed E-state index contributed by atoms with van der Waals surface area (Å²) in [7, 11) is -4.38. The van der Waals surface area contributed by atoms with Crippen molar-refractivity contribution >= 4 is 15.9 Å². The van der Waals surface area contributed by atoms with Crippen molar-refractivity contribution in [1.82, 2.24) is 5.32 Å². The van der Waals surface area contributed by atoms with E-state index in [0.29, 0.717) is 12.1 Å². The molecule has 2 atom stereocenters. The van der Waals surface area contributed by atoms with Gasteiger partial charge in [-0.05, 0) is 25.0 Å². The van der Waals surface area contributed by atoms with Crippen molar-refractivity contribution in [3.8, 4) is 0 Å². The van der Waals surface area contributed by atoms with Crippen molar-refractivity contribution < 1.29 is 22.0 Å². The number of primary sulfonamides is 1. The summed E-state index contributed by atoms with van der Waals surface area (Å²) in [6.45, 7) is 5.49. The van der Waals surface area contributed by atoms with Crippen LogP contribution in [0.3, 0.4) is 0 Å². The van der Waals surface area contributed by atoms with E-state index in [1.165, 1.54) is 0 Å². The van der Waals surface area contributed by atoms with Gasteiger partial charge in [0.05, 0.1) is 0 Å². The SMILES string of the molecule is CCC(C)C(C)NC(=O)c1c(F)ccc(S(N)(=O)=O)c1F. The van der Waals surface area contributed by atoms with Crippen molar-refractivity contribution in [2.24, 2.45) is 11.1 Å². The van der Waals surface area contributed by atoms with Crippen molar-refractivity contribution in [3.63, 3.8) is 0 Å². The first-order valence-electron chi connectivity index (χ1n) is 6.41. The summed E-state index contributed by atoms with van der Waals surface area (Å²) in [4.78, 5) is 11.1. The molecule has 0 aliphatic rings. The Morgan fingerprint density at radius 3 is 2.38 bits per heavy atom. The predicted molar refractivity (Wildman–Crippen MR) is 74.1 cm³/mol. The number of hydrogen-bond acceptors (Lipinski definition) is 3. The molecule has 0 saturated heterocycles. The number of halogens is 2. The molecule has 1 aromatic rings. The van der Waals surface area contributed by atoms with Gasteiger partial charge in [-0.15, -0.1) is 0 Å². The normalized spacial score (nSPS) is 14.6. The lowest BCUT2D eigenvalue weighted by molar-refractivity contribution is 0.0919. The van der Waals surface area contributed by atoms with Gasteiger partial charge < -0.3 is 5.32 Å². The molecule has 1 rings (SSSR count). The molecule has 0 fully saturated rings. The number of amides is 1. The highest BCUT2D eigenvalue weighted by molar-refractivity contribution is 7.89. The van der Waals surface area contributed by atoms with Crippen LogP contribution in [-0.4, -0.2) is 20.4 Å². The smallest absolute Gasteiger partial charge is 0.257 e. The Hall–Kier alpha value is -1.54. The number of carbonyl (C=O) groups excluding carboxylic acids is 1. The molecule has 0 aliphatic heterocycles. The number of rotatable bonds is 5. The second kappa shape index (κ2) is 6.48. The van der Waals surface area contributed by atoms with Crippen LogP contribution in [0.4, 0.5) is 8.78 Å². The molecular formula is C13H18F2N2O3S. The number of nitrogens with one attached hydrogen (secondary N) is 1. The van der Waals surface area contributed by atoms with Crippen LogP contribution in [0.25, 0.3) is 0 Å². The Morgan fingerprint density at radius 1 is 1.33 bits per heavy atom. The zero-order valence-electron chi connectivity index (χ0n) is 12.0. The van der Waals surface area contributed by atoms with Gasteiger partial charge in [-0.25, -0.2) is 22.3 Å². The van der Waals surface area contributed by atoms with Gasteiger partial charge in [0.25, 0.3) is 5.91 Å². The Kier molecular flexibility index (Phi) is 5.41. The van der Waals surface area contributed by atoms with E-state index in [1.807, 2.05) is 13.8 Å². The maximum Gasteiger partial charge on any atom is 0.257 e. The standard InChI is InChI=1S/C13H18F2N2O3S/c1-4-7(2)8(3)17-13(18)11-9(14)5-6-10(12(11)15)21(16,19)20/h5-8H,4H2,1-3H3,(H,17,18)(H2,16,19,20). The van der Waals surface area contributed by atoms with Crippen LogP contribution in [0.2, 0.25) is 0 Å². The van der Waals surface area contributed by atoms with Gasteiger partial charge in [0.2, 0.25) is 10.0 Å². The Balaban J connectivity index is 3.22. The van der Waals surface area contributed by atoms with Crippen molar-refractivity contribution in [2.75, 3.05) is 0 Å². The quantitative estimate of drug-likeness (QED) is 0.866. The highest BCUT2D eigenvalue weighted by atomic mass is 32.2. The summed E-state index contributed by atoms with van der Waals surface area (Å²) >= 11 is 0. The first-order chi connectivity index (χ1) is 9.59. The second-order valence-corrected chi connectivity index (χ2v) is 6.46. The highest BCUT2D eigenvalue weighted by Crippen LogP contribution is 2.20. The highest BCUT2D eigenvalue weighted by Gasteiger charge is 2.26. The van der Waals surface area contributed by atoms with Crippen molar-refractivity contribution in [3.05, 3.63) is 29.3 Å². The molecule has 0 aliphatic carbocycles. The molecule has 21 heavy (non-hydrogen) atoms. The zero-order valence-corrected chi connectivity index (χ0v) is 12.8. The van der Waals surface area contributed by atoms with Gasteiger partial charge in [-0.2, -0.15) is 0 Å². The lowest BCUT2D eigenvalue weighted by Crippen LogP contribution is -2.38. The topological polar surface area (TPSA) is 89.3 Å². The van der Waals surface area contributed by atoms with E-state index in [1.54, 1.807) is 6.92 Å². The molecule has 1 aromatic carbocycles. The van der Waals surface area contributed by atoms with Gasteiger partial charge in [0.1, 0.15) is 16.3 Å². The maximum absolute atomic E-state index is 14.1. The van der Waals surface area contributed by atoms with Crippen LogP contribution in [0.1, 0.15) is 37.6 Å². The number of nitrogens with two attached hydrogens (primary N) is 1. The zero-order chi connectivity index (χ0) is 16.4. The molecule has 0 saturated carbocycles. The minimum absolute atomic E-state index is 0.0986. The molecule has 118 valence electrons. The van der Waals surface area contributed by atoms with E-state index in [-0.39, 0.29) is 12.0 Å². The fraction of sp³-hybridized carbons (Fsp3) is 0.462. The van der Waals surface area contributed by atoms with Gasteiger partial charge in [-0.3, -0.25) is 4.79 Å². The monoisotopic (exact) mass is 320 g/mol. The summed E-state index contributed by atoms with van der Waals surface area (Å²) in [5, 5.41) is 7.28. The number of sulfonamides is 1. The summed E-state index contributed by atoms with van der Waals surface area (Å²) in [6, 6.07) is 1.07. The molecule has 3 N–H and O–H groups in total. The third kappa shape index (κ3) is 3.98. The number of hydrogen-bond donors (Lipinski definition) is 2. The molecule has 0 spiro atoms. The summed E-state index contributed by atoms with van der Waals surface area (Å²) in [5.41, 5.74) is -0.948. The predicted octanol–water partition coefficient (Wildman–Crippen LogP) is 1.78. The minimum atomic E-state index is -4.38. The van der Waals surface area contributed by atoms with Crippen LogP contribution < -0.4 is 10.5 Å². The molecule has 1 amide bonds. The summed E-state index contributed by atoms with van der Waals surface area (Å²) < 4.78 is 50.1. The molecule has 0 radical (unpaired) electrons. The lowest BCUT2D eigenvalue weighted by Gasteiger charge is -2.20. The van der Waals surface area contributed by atoms with Crippen LogP contribution in [0.5, 0.6) is 0 Å². The molecule has 2 unspecified atom stereocenters. The first kappa shape index (κ1) is 17.5. The average Bonchev–Trinajstić information content (AvgIpc) is 2.35. The summed E-state index contributed by atoms with van der Waals surface area (Å²) in [6.07, 6.45) is 0.767. The lowest BCUT2D eigenvalue weighted by atomic mass is 10.0. The fourth-order valence-electron chi connectivity index (χ4n) is 1.74. The van der Waals surface area contributed by atoms with E-state index >= 15 is 0 Å². The van der Waals surface area contributed by atoms with Crippen molar-refractivity contribution in [1.29, 1.82) is 0 Å². The maximum atomic E-state index is 14.1. The van der Waals surface area contributed by atoms with Crippen LogP contribution >= 0.6 is 0 Å². The number of benzene rings is 1. The molecular weight excluding hydrogens is 302 g/mol. The van der Waals surface area contributed by atoms with Gasteiger partial charge in [0, 0.05) is 6.04 Å². The molecule has 0 heterocycles. The fourth-order valence-corrected chi connectivity index (χ4v) is 2.35. The first-order valence-corrected chi connectivity index (χ1v) is 7.95. The van der Waals surface area contributed by atoms with E-state index < -0.39 is 38.0 Å². The Labute approximate surface area is 122 Å². The van der Waals surface area contributed by atoms with Gasteiger partial charge >= 0.3 is 0 Å². The van der Waals surface area contributed by atoms with E-state index in [9.17, 15) is 22.0 Å². The van der Waals surface area contributed by atoms with E-state index in [0.717, 1.165) is 6.42 Å². The van der Waals surface area contributed by atoms with Crippen molar-refractivity contribution in [2.45, 2.75) is 38.1 Å². The van der Waals surface area contributed by atoms with E-state index in [4.69, 9.17) is 5.14 Å². The largest absolute Gasteiger partial charge is 0.349 e. The minimum Gasteiger partial charge on any atom is -0.349 e. The third-order valence-electron chi connectivity index (χ3n) is 3.45. The molecule has 8 heteroatoms. The van der Waals surface area contributed by atoms with Crippen LogP contribution in [0, 0.1) is 17.6 Å². The second-order valence-electron chi connectivity index (χ2n) is 4.93.